The molecule has 1 aromatic heterocycles. The van der Waals surface area contributed by atoms with Crippen molar-refractivity contribution in [3.8, 4) is 17.4 Å². The second-order valence-electron chi connectivity index (χ2n) is 8.64. The van der Waals surface area contributed by atoms with E-state index in [1.807, 2.05) is 44.2 Å². The van der Waals surface area contributed by atoms with E-state index in [4.69, 9.17) is 25.7 Å². The molecule has 0 saturated heterocycles. The van der Waals surface area contributed by atoms with Gasteiger partial charge >= 0.3 is 0 Å². The highest BCUT2D eigenvalue weighted by atomic mass is 16.7. The molecule has 0 spiro atoms. The number of anilines is 3. The van der Waals surface area contributed by atoms with E-state index in [1.165, 1.54) is 0 Å². The van der Waals surface area contributed by atoms with Crippen molar-refractivity contribution in [1.82, 2.24) is 9.97 Å². The summed E-state index contributed by atoms with van der Waals surface area (Å²) in [6.07, 6.45) is 0.460. The number of ether oxygens (including phenoxy) is 3. The van der Waals surface area contributed by atoms with Crippen molar-refractivity contribution in [3.63, 3.8) is 0 Å². The summed E-state index contributed by atoms with van der Waals surface area (Å²) in [5.74, 6) is 0.0833. The number of primary amides is 2. The number of amides is 2. The molecule has 2 amide bonds. The summed E-state index contributed by atoms with van der Waals surface area (Å²) >= 11 is 0. The average Bonchev–Trinajstić information content (AvgIpc) is 3.30. The molecule has 0 unspecified atom stereocenters. The van der Waals surface area contributed by atoms with E-state index in [9.17, 15) is 9.59 Å². The molecule has 2 heterocycles. The molecular formula is C25H28N6O5. The van der Waals surface area contributed by atoms with E-state index in [0.717, 1.165) is 5.56 Å². The summed E-state index contributed by atoms with van der Waals surface area (Å²) in [6, 6.07) is 13.8. The monoisotopic (exact) mass is 492 g/mol. The third-order valence-electron chi connectivity index (χ3n) is 5.33. The lowest BCUT2D eigenvalue weighted by atomic mass is 10.0. The van der Waals surface area contributed by atoms with Crippen molar-refractivity contribution in [2.45, 2.75) is 32.9 Å². The number of nitrogens with two attached hydrogens (primary N) is 2. The van der Waals surface area contributed by atoms with Crippen LogP contribution in [0.25, 0.3) is 0 Å². The Morgan fingerprint density at radius 3 is 2.50 bits per heavy atom. The first-order valence-electron chi connectivity index (χ1n) is 11.4. The van der Waals surface area contributed by atoms with Crippen molar-refractivity contribution in [1.29, 1.82) is 0 Å². The fraction of sp³-hybridized carbons (Fsp3) is 0.280. The molecule has 0 saturated carbocycles. The van der Waals surface area contributed by atoms with Gasteiger partial charge in [0.05, 0.1) is 0 Å². The van der Waals surface area contributed by atoms with Gasteiger partial charge in [0, 0.05) is 11.8 Å². The molecule has 1 aliphatic rings. The van der Waals surface area contributed by atoms with Gasteiger partial charge in [-0.2, -0.15) is 9.97 Å². The summed E-state index contributed by atoms with van der Waals surface area (Å²) in [4.78, 5) is 33.3. The van der Waals surface area contributed by atoms with Crippen LogP contribution in [0.4, 0.5) is 17.5 Å². The first-order chi connectivity index (χ1) is 17.3. The third kappa shape index (κ3) is 5.93. The van der Waals surface area contributed by atoms with Crippen LogP contribution in [-0.4, -0.2) is 34.6 Å². The Labute approximate surface area is 208 Å². The lowest BCUT2D eigenvalue weighted by Crippen LogP contribution is -2.37. The van der Waals surface area contributed by atoms with Gasteiger partial charge in [-0.25, -0.2) is 0 Å². The maximum atomic E-state index is 12.5. The fourth-order valence-corrected chi connectivity index (χ4v) is 3.63. The smallest absolute Gasteiger partial charge is 0.258 e. The summed E-state index contributed by atoms with van der Waals surface area (Å²) < 4.78 is 16.7. The van der Waals surface area contributed by atoms with Gasteiger partial charge in [0.2, 0.25) is 24.5 Å². The van der Waals surface area contributed by atoms with Crippen LogP contribution in [0.1, 0.15) is 36.2 Å². The summed E-state index contributed by atoms with van der Waals surface area (Å²) in [5.41, 5.74) is 12.7. The highest BCUT2D eigenvalue weighted by Crippen LogP contribution is 2.36. The van der Waals surface area contributed by atoms with E-state index in [1.54, 1.807) is 18.2 Å². The molecule has 11 nitrogen and oxygen atoms in total. The second-order valence-corrected chi connectivity index (χ2v) is 8.64. The molecule has 0 aliphatic carbocycles. The molecule has 3 aromatic rings. The Morgan fingerprint density at radius 2 is 1.81 bits per heavy atom. The number of nitrogens with zero attached hydrogens (tertiary/aromatic N) is 2. The molecule has 0 radical (unpaired) electrons. The van der Waals surface area contributed by atoms with Crippen LogP contribution in [0.15, 0.2) is 48.5 Å². The van der Waals surface area contributed by atoms with Crippen LogP contribution in [0.2, 0.25) is 0 Å². The highest BCUT2D eigenvalue weighted by molar-refractivity contribution is 6.00. The SMILES string of the molecule is CC(C)C[C@@H](Nc1nc(Nc2ccc3c(c2)OCO3)c(C(N)=O)c(OCc2ccccc2)n1)C(N)=O. The van der Waals surface area contributed by atoms with Crippen LogP contribution >= 0.6 is 0 Å². The van der Waals surface area contributed by atoms with Gasteiger partial charge in [0.25, 0.3) is 5.91 Å². The molecule has 0 bridgehead atoms. The summed E-state index contributed by atoms with van der Waals surface area (Å²) in [7, 11) is 0. The quantitative estimate of drug-likeness (QED) is 0.315. The zero-order valence-corrected chi connectivity index (χ0v) is 20.0. The largest absolute Gasteiger partial charge is 0.472 e. The number of hydrogen-bond donors (Lipinski definition) is 4. The number of benzene rings is 2. The van der Waals surface area contributed by atoms with Gasteiger partial charge < -0.3 is 36.3 Å². The van der Waals surface area contributed by atoms with Gasteiger partial charge in [-0.1, -0.05) is 44.2 Å². The molecule has 11 heteroatoms. The first-order valence-corrected chi connectivity index (χ1v) is 11.4. The van der Waals surface area contributed by atoms with Gasteiger partial charge in [0.15, 0.2) is 17.3 Å². The normalized spacial score (nSPS) is 12.8. The minimum absolute atomic E-state index is 0.0418. The lowest BCUT2D eigenvalue weighted by Gasteiger charge is -2.20. The molecule has 0 fully saturated rings. The van der Waals surface area contributed by atoms with Crippen LogP contribution in [0, 0.1) is 5.92 Å². The van der Waals surface area contributed by atoms with E-state index >= 15 is 0 Å². The third-order valence-corrected chi connectivity index (χ3v) is 5.33. The molecule has 1 aliphatic heterocycles. The number of fused-ring (bicyclic) bond motifs is 1. The lowest BCUT2D eigenvalue weighted by molar-refractivity contribution is -0.119. The van der Waals surface area contributed by atoms with Crippen molar-refractivity contribution < 1.29 is 23.8 Å². The first kappa shape index (κ1) is 24.6. The number of nitrogens with one attached hydrogen (secondary N) is 2. The van der Waals surface area contributed by atoms with Crippen LogP contribution in [0.5, 0.6) is 17.4 Å². The predicted molar refractivity (Wildman–Crippen MR) is 133 cm³/mol. The van der Waals surface area contributed by atoms with Crippen LogP contribution in [-0.2, 0) is 11.4 Å². The Bertz CT molecular complexity index is 1250. The number of aromatic nitrogens is 2. The Balaban J connectivity index is 1.72. The van der Waals surface area contributed by atoms with Gasteiger partial charge in [-0.15, -0.1) is 0 Å². The minimum Gasteiger partial charge on any atom is -0.472 e. The molecule has 2 aromatic carbocycles. The van der Waals surface area contributed by atoms with Crippen LogP contribution < -0.4 is 36.3 Å². The molecule has 1 atom stereocenters. The number of carbonyl (C=O) groups is 2. The molecule has 6 N–H and O–H groups in total. The Hall–Kier alpha value is -4.54. The van der Waals surface area contributed by atoms with E-state index < -0.39 is 17.9 Å². The summed E-state index contributed by atoms with van der Waals surface area (Å²) in [6.45, 7) is 4.19. The van der Waals surface area contributed by atoms with E-state index in [2.05, 4.69) is 20.6 Å². The molecule has 36 heavy (non-hydrogen) atoms. The van der Waals surface area contributed by atoms with Gasteiger partial charge in [-0.3, -0.25) is 9.59 Å². The zero-order chi connectivity index (χ0) is 25.7. The number of carbonyl (C=O) groups excluding carboxylic acids is 2. The van der Waals surface area contributed by atoms with Crippen molar-refractivity contribution >= 4 is 29.3 Å². The van der Waals surface area contributed by atoms with Gasteiger partial charge in [0.1, 0.15) is 18.2 Å². The van der Waals surface area contributed by atoms with Crippen molar-refractivity contribution in [2.24, 2.45) is 17.4 Å². The topological polar surface area (TPSA) is 164 Å². The molecule has 188 valence electrons. The average molecular weight is 493 g/mol. The maximum Gasteiger partial charge on any atom is 0.258 e. The highest BCUT2D eigenvalue weighted by Gasteiger charge is 2.25. The molecular weight excluding hydrogens is 464 g/mol. The van der Waals surface area contributed by atoms with E-state index in [0.29, 0.717) is 23.6 Å². The Morgan fingerprint density at radius 1 is 1.06 bits per heavy atom. The maximum absolute atomic E-state index is 12.5. The standard InChI is InChI=1S/C25H28N6O5/c1-14(2)10-17(21(26)32)29-25-30-23(28-16-8-9-18-19(11-16)36-13-35-18)20(22(27)33)24(31-25)34-12-15-6-4-3-5-7-15/h3-9,11,14,17H,10,12-13H2,1-2H3,(H2,26,32)(H2,27,33)(H2,28,29,30,31)/t17-/m1/s1. The summed E-state index contributed by atoms with van der Waals surface area (Å²) in [5, 5.41) is 6.05. The van der Waals surface area contributed by atoms with Crippen molar-refractivity contribution in [3.05, 3.63) is 59.7 Å². The Kier molecular flexibility index (Phi) is 7.38. The fourth-order valence-electron chi connectivity index (χ4n) is 3.63. The minimum atomic E-state index is -0.790. The predicted octanol–water partition coefficient (Wildman–Crippen LogP) is 2.94. The molecule has 4 rings (SSSR count). The second kappa shape index (κ2) is 10.8. The van der Waals surface area contributed by atoms with Crippen LogP contribution in [0.3, 0.4) is 0 Å². The van der Waals surface area contributed by atoms with E-state index in [-0.39, 0.29) is 42.5 Å². The zero-order valence-electron chi connectivity index (χ0n) is 20.0. The number of rotatable bonds is 11. The van der Waals surface area contributed by atoms with Crippen molar-refractivity contribution in [2.75, 3.05) is 17.4 Å². The van der Waals surface area contributed by atoms with Gasteiger partial charge in [-0.05, 0) is 30.0 Å². The number of hydrogen-bond acceptors (Lipinski definition) is 9.